The molecule has 4 rings (SSSR count). The first kappa shape index (κ1) is 33.6. The topological polar surface area (TPSA) is 169 Å². The van der Waals surface area contributed by atoms with Gasteiger partial charge in [0.1, 0.15) is 18.3 Å². The second-order valence-corrected chi connectivity index (χ2v) is 13.5. The Labute approximate surface area is 271 Å². The van der Waals surface area contributed by atoms with Gasteiger partial charge >= 0.3 is 0 Å². The lowest BCUT2D eigenvalue weighted by molar-refractivity contribution is -0.137. The number of ketones is 1. The molecule has 238 valence electrons. The number of amides is 4. The highest BCUT2D eigenvalue weighted by atomic mass is 79.9. The van der Waals surface area contributed by atoms with Crippen molar-refractivity contribution in [3.63, 3.8) is 0 Å². The molecule has 2 fully saturated rings. The van der Waals surface area contributed by atoms with Crippen LogP contribution in [0.2, 0.25) is 0 Å². The largest absolute Gasteiger partial charge is 0.443 e. The van der Waals surface area contributed by atoms with Gasteiger partial charge < -0.3 is 30.3 Å². The third-order valence-corrected chi connectivity index (χ3v) is 10.2. The molecule has 2 saturated carbocycles. The van der Waals surface area contributed by atoms with Crippen LogP contribution in [0.15, 0.2) is 42.7 Å². The monoisotopic (exact) mass is 737 g/mol. The van der Waals surface area contributed by atoms with Gasteiger partial charge in [-0.05, 0) is 99.8 Å². The molecule has 0 aliphatic heterocycles. The first-order chi connectivity index (χ1) is 20.9. The standard InChI is InChI=1S/C30H37Br2N5O7/c1-15-9-17-11-16(2)25(18(10-15)12-17)36-24(39)14-37-8-4-5-21(30(37)43)35-27(40)20(6-7-22(38)28(41)33-3)34-29(42)23-13-19(31)26(32)44-23/h4-5,8,13,15-18,20,25H,6-7,9-12,14H2,1-3H3,(H,33,41)(H,34,42)(H,35,40)(H,36,39). The van der Waals surface area contributed by atoms with Gasteiger partial charge in [-0.2, -0.15) is 0 Å². The van der Waals surface area contributed by atoms with E-state index in [9.17, 15) is 28.8 Å². The van der Waals surface area contributed by atoms with E-state index in [1.54, 1.807) is 0 Å². The highest BCUT2D eigenvalue weighted by Crippen LogP contribution is 2.44. The van der Waals surface area contributed by atoms with Gasteiger partial charge in [0, 0.05) is 31.8 Å². The van der Waals surface area contributed by atoms with Crippen LogP contribution < -0.4 is 26.8 Å². The number of aromatic nitrogens is 1. The van der Waals surface area contributed by atoms with E-state index in [2.05, 4.69) is 67.0 Å². The lowest BCUT2D eigenvalue weighted by Crippen LogP contribution is -2.51. The number of carbonyl (C=O) groups is 5. The molecule has 6 unspecified atom stereocenters. The minimum absolute atomic E-state index is 0.0531. The molecule has 0 radical (unpaired) electrons. The number of pyridine rings is 1. The maximum Gasteiger partial charge on any atom is 0.287 e. The maximum absolute atomic E-state index is 13.3. The second-order valence-electron chi connectivity index (χ2n) is 11.9. The normalized spacial score (nSPS) is 23.2. The van der Waals surface area contributed by atoms with Gasteiger partial charge in [0.2, 0.25) is 17.6 Å². The number of furan rings is 1. The summed E-state index contributed by atoms with van der Waals surface area (Å²) in [6.07, 6.45) is 5.40. The van der Waals surface area contributed by atoms with Crippen molar-refractivity contribution in [2.45, 2.75) is 71.0 Å². The van der Waals surface area contributed by atoms with Crippen LogP contribution in [0.5, 0.6) is 0 Å². The Hall–Kier alpha value is -3.26. The number of nitrogens with one attached hydrogen (secondary N) is 4. The molecule has 2 aliphatic carbocycles. The molecule has 12 nitrogen and oxygen atoms in total. The zero-order valence-electron chi connectivity index (χ0n) is 24.8. The molecule has 2 aliphatic rings. The summed E-state index contributed by atoms with van der Waals surface area (Å²) in [4.78, 5) is 76.3. The summed E-state index contributed by atoms with van der Waals surface area (Å²) in [5.41, 5.74) is -0.717. The van der Waals surface area contributed by atoms with E-state index < -0.39 is 35.1 Å². The summed E-state index contributed by atoms with van der Waals surface area (Å²) in [6.45, 7) is 4.21. The van der Waals surface area contributed by atoms with Crippen molar-refractivity contribution >= 4 is 67.0 Å². The van der Waals surface area contributed by atoms with Gasteiger partial charge in [0.05, 0.1) is 4.47 Å². The number of hydrogen-bond acceptors (Lipinski definition) is 7. The SMILES string of the molecule is CNC(=O)C(=O)CCC(NC(=O)c1cc(Br)c(Br)o1)C(=O)Nc1cccn(CC(=O)NC2C(C)CC3CC(C)CC2C3)c1=O. The first-order valence-corrected chi connectivity index (χ1v) is 16.2. The number of carbonyl (C=O) groups excluding carboxylic acids is 5. The molecule has 2 aromatic heterocycles. The third kappa shape index (κ3) is 8.26. The highest BCUT2D eigenvalue weighted by Gasteiger charge is 2.40. The van der Waals surface area contributed by atoms with Crippen LogP contribution in [0.3, 0.4) is 0 Å². The summed E-state index contributed by atoms with van der Waals surface area (Å²) in [6, 6.07) is 3.06. The average molecular weight is 739 g/mol. The van der Waals surface area contributed by atoms with Crippen molar-refractivity contribution in [3.05, 3.63) is 49.7 Å². The molecule has 0 saturated heterocycles. The van der Waals surface area contributed by atoms with Gasteiger partial charge in [-0.3, -0.25) is 28.8 Å². The van der Waals surface area contributed by atoms with Crippen LogP contribution in [0.4, 0.5) is 5.69 Å². The summed E-state index contributed by atoms with van der Waals surface area (Å²) in [7, 11) is 1.31. The molecular weight excluding hydrogens is 702 g/mol. The molecule has 0 spiro atoms. The molecule has 4 amide bonds. The molecule has 2 aromatic rings. The van der Waals surface area contributed by atoms with E-state index in [0.29, 0.717) is 28.1 Å². The van der Waals surface area contributed by atoms with E-state index in [1.165, 1.54) is 42.4 Å². The number of anilines is 1. The van der Waals surface area contributed by atoms with Crippen LogP contribution in [0.1, 0.15) is 62.9 Å². The van der Waals surface area contributed by atoms with Gasteiger partial charge in [0.25, 0.3) is 17.4 Å². The number of hydrogen-bond donors (Lipinski definition) is 4. The predicted octanol–water partition coefficient (Wildman–Crippen LogP) is 3.38. The molecule has 6 atom stereocenters. The Morgan fingerprint density at radius 1 is 1.09 bits per heavy atom. The minimum Gasteiger partial charge on any atom is -0.443 e. The molecule has 2 heterocycles. The van der Waals surface area contributed by atoms with Gasteiger partial charge in [-0.1, -0.05) is 13.8 Å². The van der Waals surface area contributed by atoms with E-state index in [0.717, 1.165) is 19.3 Å². The Morgan fingerprint density at radius 2 is 1.84 bits per heavy atom. The fraction of sp³-hybridized carbons (Fsp3) is 0.533. The van der Waals surface area contributed by atoms with Gasteiger partial charge in [-0.25, -0.2) is 0 Å². The molecule has 14 heteroatoms. The maximum atomic E-state index is 13.3. The smallest absolute Gasteiger partial charge is 0.287 e. The second kappa shape index (κ2) is 14.7. The number of halogens is 2. The van der Waals surface area contributed by atoms with E-state index >= 15 is 0 Å². The Kier molecular flexibility index (Phi) is 11.2. The van der Waals surface area contributed by atoms with Crippen LogP contribution in [0, 0.1) is 23.7 Å². The van der Waals surface area contributed by atoms with Crippen LogP contribution in [-0.2, 0) is 25.7 Å². The fourth-order valence-corrected chi connectivity index (χ4v) is 7.11. The average Bonchev–Trinajstić information content (AvgIpc) is 3.31. The van der Waals surface area contributed by atoms with Gasteiger partial charge in [0.15, 0.2) is 10.4 Å². The van der Waals surface area contributed by atoms with Crippen molar-refractivity contribution in [1.29, 1.82) is 0 Å². The predicted molar refractivity (Wildman–Crippen MR) is 169 cm³/mol. The van der Waals surface area contributed by atoms with Crippen molar-refractivity contribution < 1.29 is 28.4 Å². The Balaban J connectivity index is 1.44. The summed E-state index contributed by atoms with van der Waals surface area (Å²) < 4.78 is 7.28. The number of likely N-dealkylation sites (N-methyl/N-ethyl adjacent to an activating group) is 1. The fourth-order valence-electron chi connectivity index (χ4n) is 6.53. The van der Waals surface area contributed by atoms with Crippen molar-refractivity contribution in [2.24, 2.45) is 23.7 Å². The van der Waals surface area contributed by atoms with Crippen molar-refractivity contribution in [2.75, 3.05) is 12.4 Å². The zero-order valence-corrected chi connectivity index (χ0v) is 28.0. The number of nitrogens with zero attached hydrogens (tertiary/aromatic N) is 1. The third-order valence-electron chi connectivity index (χ3n) is 8.45. The molecule has 0 aromatic carbocycles. The van der Waals surface area contributed by atoms with E-state index in [4.69, 9.17) is 4.42 Å². The minimum atomic E-state index is -1.30. The number of rotatable bonds is 11. The van der Waals surface area contributed by atoms with Crippen LogP contribution in [0.25, 0.3) is 0 Å². The zero-order chi connectivity index (χ0) is 32.1. The highest BCUT2D eigenvalue weighted by molar-refractivity contribution is 9.13. The Bertz CT molecular complexity index is 1460. The van der Waals surface area contributed by atoms with Crippen LogP contribution >= 0.6 is 31.9 Å². The molecule has 4 N–H and O–H groups in total. The van der Waals surface area contributed by atoms with Crippen LogP contribution in [-0.4, -0.2) is 53.1 Å². The molecular formula is C30H37Br2N5O7. The quantitative estimate of drug-likeness (QED) is 0.256. The lowest BCUT2D eigenvalue weighted by Gasteiger charge is -2.46. The summed E-state index contributed by atoms with van der Waals surface area (Å²) >= 11 is 6.36. The van der Waals surface area contributed by atoms with Crippen molar-refractivity contribution in [1.82, 2.24) is 20.5 Å². The summed E-state index contributed by atoms with van der Waals surface area (Å²) in [5.74, 6) is -1.44. The molecule has 44 heavy (non-hydrogen) atoms. The Morgan fingerprint density at radius 3 is 2.52 bits per heavy atom. The molecule has 2 bridgehead atoms. The van der Waals surface area contributed by atoms with Gasteiger partial charge in [-0.15, -0.1) is 0 Å². The number of Topliss-reactive ketones (excluding diaryl/α,β-unsaturated/α-hetero) is 1. The summed E-state index contributed by atoms with van der Waals surface area (Å²) in [5, 5.41) is 10.4. The van der Waals surface area contributed by atoms with E-state index in [1.807, 2.05) is 0 Å². The van der Waals surface area contributed by atoms with E-state index in [-0.39, 0.29) is 47.5 Å². The number of fused-ring (bicyclic) bond motifs is 2. The van der Waals surface area contributed by atoms with Crippen molar-refractivity contribution in [3.8, 4) is 0 Å². The lowest BCUT2D eigenvalue weighted by atomic mass is 9.63. The first-order valence-electron chi connectivity index (χ1n) is 14.7.